The molecule has 0 aliphatic carbocycles. The largest absolute Gasteiger partial charge is 0.417 e. The molecule has 0 N–H and O–H groups in total. The fourth-order valence-corrected chi connectivity index (χ4v) is 5.24. The minimum absolute atomic E-state index is 0.0487. The number of alkyl halides is 5. The zero-order valence-corrected chi connectivity index (χ0v) is 18.9. The molecular weight excluding hydrogens is 476 g/mol. The molecule has 2 fully saturated rings. The number of rotatable bonds is 4. The molecular formula is C21H21F5N7P. The molecule has 180 valence electrons. The maximum absolute atomic E-state index is 12.9. The second-order valence-corrected chi connectivity index (χ2v) is 9.33. The second-order valence-electron chi connectivity index (χ2n) is 8.75. The van der Waals surface area contributed by atoms with E-state index in [1.54, 1.807) is 6.20 Å². The Morgan fingerprint density at radius 3 is 2.44 bits per heavy atom. The highest BCUT2D eigenvalue weighted by atomic mass is 31.0. The number of piperidine rings is 1. The normalized spacial score (nSPS) is 18.6. The lowest BCUT2D eigenvalue weighted by atomic mass is 9.78. The molecule has 0 unspecified atom stereocenters. The van der Waals surface area contributed by atoms with Crippen LogP contribution in [0.3, 0.4) is 0 Å². The van der Waals surface area contributed by atoms with E-state index in [1.807, 2.05) is 4.90 Å². The van der Waals surface area contributed by atoms with E-state index in [2.05, 4.69) is 33.8 Å². The quantitative estimate of drug-likeness (QED) is 0.396. The predicted octanol–water partition coefficient (Wildman–Crippen LogP) is 4.27. The van der Waals surface area contributed by atoms with Crippen LogP contribution in [-0.2, 0) is 12.7 Å². The highest BCUT2D eigenvalue weighted by Gasteiger charge is 2.43. The summed E-state index contributed by atoms with van der Waals surface area (Å²) in [7, 11) is 3.65. The molecule has 0 atom stereocenters. The summed E-state index contributed by atoms with van der Waals surface area (Å²) in [5.74, 6) is 1.08. The van der Waals surface area contributed by atoms with Crippen LogP contribution < -0.4 is 9.80 Å². The Labute approximate surface area is 193 Å². The van der Waals surface area contributed by atoms with Crippen LogP contribution in [0.5, 0.6) is 0 Å². The Hall–Kier alpha value is -2.88. The molecule has 0 saturated carbocycles. The Bertz CT molecular complexity index is 1200. The minimum Gasteiger partial charge on any atom is -0.355 e. The van der Waals surface area contributed by atoms with Crippen molar-refractivity contribution in [1.82, 2.24) is 24.7 Å². The SMILES string of the molecule is FC(F)Cn1ncc2ncc(N3CCC4(CC3)CC(=P)N(c3ccc(C(F)(F)F)cn3)C4)nc21. The molecule has 34 heavy (non-hydrogen) atoms. The van der Waals surface area contributed by atoms with Gasteiger partial charge in [0.2, 0.25) is 0 Å². The van der Waals surface area contributed by atoms with Crippen LogP contribution in [0.2, 0.25) is 0 Å². The molecule has 7 nitrogen and oxygen atoms in total. The summed E-state index contributed by atoms with van der Waals surface area (Å²) >= 11 is 0. The minimum atomic E-state index is -4.42. The maximum Gasteiger partial charge on any atom is 0.417 e. The molecule has 0 radical (unpaired) electrons. The van der Waals surface area contributed by atoms with Crippen LogP contribution in [0.15, 0.2) is 30.7 Å². The van der Waals surface area contributed by atoms with Gasteiger partial charge in [0.15, 0.2) is 5.65 Å². The van der Waals surface area contributed by atoms with Gasteiger partial charge in [-0.05, 0) is 36.8 Å². The van der Waals surface area contributed by atoms with Gasteiger partial charge in [0.05, 0.1) is 18.0 Å². The van der Waals surface area contributed by atoms with Gasteiger partial charge in [-0.1, -0.05) is 8.86 Å². The smallest absolute Gasteiger partial charge is 0.355 e. The zero-order chi connectivity index (χ0) is 24.1. The third-order valence-electron chi connectivity index (χ3n) is 6.51. The monoisotopic (exact) mass is 497 g/mol. The summed E-state index contributed by atoms with van der Waals surface area (Å²) in [6.45, 7) is 1.49. The van der Waals surface area contributed by atoms with E-state index in [-0.39, 0.29) is 5.41 Å². The number of nitrogens with zero attached hydrogens (tertiary/aromatic N) is 7. The zero-order valence-electron chi connectivity index (χ0n) is 17.9. The van der Waals surface area contributed by atoms with Crippen molar-refractivity contribution in [2.45, 2.75) is 38.4 Å². The molecule has 1 spiro atoms. The molecule has 2 aliphatic rings. The van der Waals surface area contributed by atoms with Gasteiger partial charge in [-0.25, -0.2) is 28.4 Å². The summed E-state index contributed by atoms with van der Waals surface area (Å²) in [6, 6.07) is 2.44. The molecule has 2 saturated heterocycles. The number of anilines is 2. The average molecular weight is 497 g/mol. The fourth-order valence-electron chi connectivity index (χ4n) is 4.67. The first-order valence-electron chi connectivity index (χ1n) is 10.7. The number of pyridine rings is 1. The number of halogens is 5. The molecule has 0 amide bonds. The summed E-state index contributed by atoms with van der Waals surface area (Å²) in [5.41, 5.74) is 0.855. The van der Waals surface area contributed by atoms with Crippen LogP contribution in [-0.4, -0.2) is 56.2 Å². The van der Waals surface area contributed by atoms with E-state index in [4.69, 9.17) is 0 Å². The number of aromatic nitrogens is 5. The lowest BCUT2D eigenvalue weighted by Gasteiger charge is -2.39. The molecule has 0 aromatic carbocycles. The molecule has 5 heterocycles. The van der Waals surface area contributed by atoms with Gasteiger partial charge >= 0.3 is 6.18 Å². The van der Waals surface area contributed by atoms with Crippen molar-refractivity contribution in [3.63, 3.8) is 0 Å². The van der Waals surface area contributed by atoms with E-state index in [0.717, 1.165) is 36.9 Å². The van der Waals surface area contributed by atoms with E-state index in [0.29, 0.717) is 42.4 Å². The summed E-state index contributed by atoms with van der Waals surface area (Å²) in [4.78, 5) is 16.9. The van der Waals surface area contributed by atoms with Crippen molar-refractivity contribution in [1.29, 1.82) is 0 Å². The first kappa shape index (κ1) is 22.9. The molecule has 13 heteroatoms. The molecule has 3 aromatic heterocycles. The van der Waals surface area contributed by atoms with Gasteiger partial charge in [-0.2, -0.15) is 18.3 Å². The van der Waals surface area contributed by atoms with Crippen molar-refractivity contribution in [3.05, 3.63) is 36.3 Å². The third kappa shape index (κ3) is 4.31. The second kappa shape index (κ2) is 8.41. The van der Waals surface area contributed by atoms with Gasteiger partial charge < -0.3 is 9.80 Å². The van der Waals surface area contributed by atoms with Crippen LogP contribution in [0.4, 0.5) is 33.6 Å². The van der Waals surface area contributed by atoms with Crippen molar-refractivity contribution in [2.24, 2.45) is 5.41 Å². The van der Waals surface area contributed by atoms with Gasteiger partial charge in [-0.15, -0.1) is 0 Å². The van der Waals surface area contributed by atoms with Gasteiger partial charge in [0.1, 0.15) is 23.7 Å². The van der Waals surface area contributed by atoms with Crippen LogP contribution >= 0.6 is 8.86 Å². The molecule has 3 aromatic rings. The van der Waals surface area contributed by atoms with Gasteiger partial charge in [0, 0.05) is 31.2 Å². The van der Waals surface area contributed by atoms with Gasteiger partial charge in [-0.3, -0.25) is 0 Å². The Balaban J connectivity index is 1.28. The van der Waals surface area contributed by atoms with Gasteiger partial charge in [0.25, 0.3) is 6.43 Å². The molecule has 0 bridgehead atoms. The first-order chi connectivity index (χ1) is 16.1. The fraction of sp³-hybridized carbons (Fsp3) is 0.476. The van der Waals surface area contributed by atoms with E-state index >= 15 is 0 Å². The number of fused-ring (bicyclic) bond motifs is 1. The van der Waals surface area contributed by atoms with Crippen LogP contribution in [0, 0.1) is 5.41 Å². The van der Waals surface area contributed by atoms with E-state index in [1.165, 1.54) is 16.9 Å². The number of hydrogen-bond donors (Lipinski definition) is 0. The van der Waals surface area contributed by atoms with Crippen LogP contribution in [0.1, 0.15) is 24.8 Å². The van der Waals surface area contributed by atoms with Crippen molar-refractivity contribution >= 4 is 37.1 Å². The number of hydrogen-bond acceptors (Lipinski definition) is 5. The summed E-state index contributed by atoms with van der Waals surface area (Å²) < 4.78 is 65.4. The molecule has 2 aliphatic heterocycles. The molecule has 5 rings (SSSR count). The maximum atomic E-state index is 12.9. The highest BCUT2D eigenvalue weighted by Crippen LogP contribution is 2.44. The van der Waals surface area contributed by atoms with Crippen LogP contribution in [0.25, 0.3) is 11.2 Å². The average Bonchev–Trinajstić information content (AvgIpc) is 3.33. The topological polar surface area (TPSA) is 63.0 Å². The van der Waals surface area contributed by atoms with Crippen molar-refractivity contribution in [2.75, 3.05) is 29.4 Å². The van der Waals surface area contributed by atoms with Crippen molar-refractivity contribution in [3.8, 4) is 0 Å². The third-order valence-corrected chi connectivity index (χ3v) is 6.95. The Morgan fingerprint density at radius 1 is 1.03 bits per heavy atom. The highest BCUT2D eigenvalue weighted by molar-refractivity contribution is 7.21. The van der Waals surface area contributed by atoms with Crippen molar-refractivity contribution < 1.29 is 22.0 Å². The van der Waals surface area contributed by atoms with E-state index in [9.17, 15) is 22.0 Å². The predicted molar refractivity (Wildman–Crippen MR) is 120 cm³/mol. The van der Waals surface area contributed by atoms with E-state index < -0.39 is 24.7 Å². The first-order valence-corrected chi connectivity index (χ1v) is 11.2. The Morgan fingerprint density at radius 2 is 1.79 bits per heavy atom. The Kier molecular flexibility index (Phi) is 5.66. The lowest BCUT2D eigenvalue weighted by Crippen LogP contribution is -2.42. The lowest BCUT2D eigenvalue weighted by molar-refractivity contribution is -0.137. The standard InChI is InChI=1S/C21H21F5N7P/c22-15(23)11-33-19-14(9-29-33)27-10-17(30-19)31-5-3-20(4-6-31)7-18(34)32(12-20)16-2-1-13(8-28-16)21(24,25)26/h1-2,8-10,15,34H,3-7,11-12H2. The summed E-state index contributed by atoms with van der Waals surface area (Å²) in [6.07, 6.45) is -0.639. The summed E-state index contributed by atoms with van der Waals surface area (Å²) in [5, 5.41) is 3.96.